The van der Waals surface area contributed by atoms with Crippen LogP contribution < -0.4 is 5.32 Å². The minimum Gasteiger partial charge on any atom is -0.396 e. The molecule has 3 rings (SSSR count). The summed E-state index contributed by atoms with van der Waals surface area (Å²) >= 11 is 0. The maximum absolute atomic E-state index is 13.3. The van der Waals surface area contributed by atoms with Crippen molar-refractivity contribution in [3.8, 4) is 0 Å². The topological polar surface area (TPSA) is 52.6 Å². The number of aliphatic hydroxyl groups excluding tert-OH is 1. The smallest absolute Gasteiger partial charge is 0.251 e. The number of nitrogens with one attached hydrogen (secondary N) is 1. The molecule has 1 aliphatic rings. The molecule has 0 bridgehead atoms. The first-order chi connectivity index (χ1) is 12.1. The first kappa shape index (κ1) is 17.5. The molecule has 1 aliphatic heterocycles. The van der Waals surface area contributed by atoms with Gasteiger partial charge < -0.3 is 10.4 Å². The largest absolute Gasteiger partial charge is 0.396 e. The summed E-state index contributed by atoms with van der Waals surface area (Å²) in [5, 5.41) is 12.6. The predicted octanol–water partition coefficient (Wildman–Crippen LogP) is 2.19. The van der Waals surface area contributed by atoms with Gasteiger partial charge in [-0.3, -0.25) is 9.69 Å². The molecule has 0 aromatic heterocycles. The van der Waals surface area contributed by atoms with Gasteiger partial charge in [0.15, 0.2) is 11.6 Å². The van der Waals surface area contributed by atoms with Crippen LogP contribution in [-0.2, 0) is 6.54 Å². The van der Waals surface area contributed by atoms with Crippen LogP contribution in [0.25, 0.3) is 0 Å². The fourth-order valence-electron chi connectivity index (χ4n) is 3.18. The summed E-state index contributed by atoms with van der Waals surface area (Å²) in [6.07, 6.45) is 0. The van der Waals surface area contributed by atoms with Crippen LogP contribution >= 0.6 is 0 Å². The SMILES string of the molecule is O=C(N[C@@H]1CN(Cc2ccc(F)c(F)c2)C[C@H]1CO)c1ccccc1. The van der Waals surface area contributed by atoms with Crippen molar-refractivity contribution in [2.24, 2.45) is 5.92 Å². The lowest BCUT2D eigenvalue weighted by Crippen LogP contribution is -2.41. The van der Waals surface area contributed by atoms with E-state index in [-0.39, 0.29) is 24.5 Å². The average Bonchev–Trinajstić information content (AvgIpc) is 3.00. The standard InChI is InChI=1S/C19H20F2N2O2/c20-16-7-6-13(8-17(16)21)9-23-10-15(12-24)18(11-23)22-19(25)14-4-2-1-3-5-14/h1-8,15,18,24H,9-12H2,(H,22,25)/t15-,18+/m0/s1. The summed E-state index contributed by atoms with van der Waals surface area (Å²) in [7, 11) is 0. The lowest BCUT2D eigenvalue weighted by molar-refractivity contribution is 0.0921. The first-order valence-electron chi connectivity index (χ1n) is 8.20. The highest BCUT2D eigenvalue weighted by Crippen LogP contribution is 2.20. The summed E-state index contributed by atoms with van der Waals surface area (Å²) in [6, 6.07) is 12.5. The zero-order chi connectivity index (χ0) is 17.8. The second-order valence-electron chi connectivity index (χ2n) is 6.33. The van der Waals surface area contributed by atoms with Gasteiger partial charge in [-0.15, -0.1) is 0 Å². The van der Waals surface area contributed by atoms with Gasteiger partial charge in [0.25, 0.3) is 5.91 Å². The van der Waals surface area contributed by atoms with E-state index < -0.39 is 11.6 Å². The van der Waals surface area contributed by atoms with Gasteiger partial charge in [0.2, 0.25) is 0 Å². The van der Waals surface area contributed by atoms with Crippen LogP contribution in [0, 0.1) is 17.6 Å². The van der Waals surface area contributed by atoms with Crippen LogP contribution in [0.1, 0.15) is 15.9 Å². The molecule has 2 aromatic carbocycles. The molecule has 1 amide bonds. The Morgan fingerprint density at radius 3 is 2.56 bits per heavy atom. The molecule has 4 nitrogen and oxygen atoms in total. The second-order valence-corrected chi connectivity index (χ2v) is 6.33. The van der Waals surface area contributed by atoms with Gasteiger partial charge in [0.05, 0.1) is 0 Å². The zero-order valence-electron chi connectivity index (χ0n) is 13.7. The molecule has 6 heteroatoms. The number of aliphatic hydroxyl groups is 1. The molecule has 25 heavy (non-hydrogen) atoms. The van der Waals surface area contributed by atoms with Crippen molar-refractivity contribution < 1.29 is 18.7 Å². The Morgan fingerprint density at radius 2 is 1.88 bits per heavy atom. The summed E-state index contributed by atoms with van der Waals surface area (Å²) in [4.78, 5) is 14.3. The second kappa shape index (κ2) is 7.72. The van der Waals surface area contributed by atoms with E-state index >= 15 is 0 Å². The number of hydrogen-bond acceptors (Lipinski definition) is 3. The fraction of sp³-hybridized carbons (Fsp3) is 0.316. The first-order valence-corrected chi connectivity index (χ1v) is 8.20. The summed E-state index contributed by atoms with van der Waals surface area (Å²) in [5.74, 6) is -2.02. The third-order valence-corrected chi connectivity index (χ3v) is 4.49. The maximum Gasteiger partial charge on any atom is 0.251 e. The van der Waals surface area contributed by atoms with E-state index in [4.69, 9.17) is 0 Å². The number of likely N-dealkylation sites (tertiary alicyclic amines) is 1. The van der Waals surface area contributed by atoms with E-state index in [1.807, 2.05) is 11.0 Å². The van der Waals surface area contributed by atoms with Crippen LogP contribution in [0.4, 0.5) is 8.78 Å². The molecule has 2 N–H and O–H groups in total. The molecule has 2 atom stereocenters. The Hall–Kier alpha value is -2.31. The lowest BCUT2D eigenvalue weighted by atomic mass is 10.0. The third kappa shape index (κ3) is 4.21. The number of halogens is 2. The van der Waals surface area contributed by atoms with E-state index in [0.29, 0.717) is 30.8 Å². The number of rotatable bonds is 5. The van der Waals surface area contributed by atoms with Crippen LogP contribution in [-0.4, -0.2) is 41.7 Å². The quantitative estimate of drug-likeness (QED) is 0.873. The number of nitrogens with zero attached hydrogens (tertiary/aromatic N) is 1. The monoisotopic (exact) mass is 346 g/mol. The van der Waals surface area contributed by atoms with Crippen LogP contribution in [0.5, 0.6) is 0 Å². The highest BCUT2D eigenvalue weighted by Gasteiger charge is 2.33. The number of carbonyl (C=O) groups excluding carboxylic acids is 1. The Kier molecular flexibility index (Phi) is 5.40. The Bertz CT molecular complexity index is 739. The number of carbonyl (C=O) groups is 1. The molecular weight excluding hydrogens is 326 g/mol. The van der Waals surface area contributed by atoms with E-state index in [2.05, 4.69) is 5.32 Å². The van der Waals surface area contributed by atoms with Crippen LogP contribution in [0.2, 0.25) is 0 Å². The van der Waals surface area contributed by atoms with Gasteiger partial charge in [-0.05, 0) is 29.8 Å². The van der Waals surface area contributed by atoms with Gasteiger partial charge in [-0.1, -0.05) is 24.3 Å². The lowest BCUT2D eigenvalue weighted by Gasteiger charge is -2.18. The van der Waals surface area contributed by atoms with Gasteiger partial charge in [-0.2, -0.15) is 0 Å². The molecule has 1 fully saturated rings. The molecular formula is C19H20F2N2O2. The molecule has 132 valence electrons. The number of amides is 1. The van der Waals surface area contributed by atoms with Crippen LogP contribution in [0.3, 0.4) is 0 Å². The van der Waals surface area contributed by atoms with Crippen molar-refractivity contribution in [2.75, 3.05) is 19.7 Å². The summed E-state index contributed by atoms with van der Waals surface area (Å²) in [5.41, 5.74) is 1.23. The van der Waals surface area contributed by atoms with Gasteiger partial charge in [0.1, 0.15) is 0 Å². The van der Waals surface area contributed by atoms with Crippen molar-refractivity contribution in [1.82, 2.24) is 10.2 Å². The average molecular weight is 346 g/mol. The normalized spacial score (nSPS) is 20.6. The molecule has 0 saturated carbocycles. The molecule has 0 aliphatic carbocycles. The summed E-state index contributed by atoms with van der Waals surface area (Å²) < 4.78 is 26.4. The van der Waals surface area contributed by atoms with Gasteiger partial charge >= 0.3 is 0 Å². The zero-order valence-corrected chi connectivity index (χ0v) is 13.7. The van der Waals surface area contributed by atoms with Gasteiger partial charge in [-0.25, -0.2) is 8.78 Å². The predicted molar refractivity (Wildman–Crippen MR) is 89.9 cm³/mol. The van der Waals surface area contributed by atoms with Crippen molar-refractivity contribution in [1.29, 1.82) is 0 Å². The third-order valence-electron chi connectivity index (χ3n) is 4.49. The molecule has 0 spiro atoms. The number of benzene rings is 2. The Morgan fingerprint density at radius 1 is 1.12 bits per heavy atom. The van der Waals surface area contributed by atoms with Gasteiger partial charge in [0, 0.05) is 43.8 Å². The van der Waals surface area contributed by atoms with E-state index in [0.717, 1.165) is 6.07 Å². The Labute approximate surface area is 145 Å². The fourth-order valence-corrected chi connectivity index (χ4v) is 3.18. The maximum atomic E-state index is 13.3. The Balaban J connectivity index is 1.63. The van der Waals surface area contributed by atoms with Crippen molar-refractivity contribution in [3.05, 3.63) is 71.3 Å². The highest BCUT2D eigenvalue weighted by atomic mass is 19.2. The van der Waals surface area contributed by atoms with E-state index in [1.165, 1.54) is 6.07 Å². The molecule has 1 heterocycles. The minimum atomic E-state index is -0.871. The number of hydrogen-bond donors (Lipinski definition) is 2. The van der Waals surface area contributed by atoms with Crippen molar-refractivity contribution in [2.45, 2.75) is 12.6 Å². The van der Waals surface area contributed by atoms with E-state index in [9.17, 15) is 18.7 Å². The minimum absolute atomic E-state index is 0.0476. The van der Waals surface area contributed by atoms with Crippen molar-refractivity contribution in [3.63, 3.8) is 0 Å². The highest BCUT2D eigenvalue weighted by molar-refractivity contribution is 5.94. The van der Waals surface area contributed by atoms with E-state index in [1.54, 1.807) is 30.3 Å². The van der Waals surface area contributed by atoms with Crippen molar-refractivity contribution >= 4 is 5.91 Å². The molecule has 0 unspecified atom stereocenters. The summed E-state index contributed by atoms with van der Waals surface area (Å²) in [6.45, 7) is 1.51. The van der Waals surface area contributed by atoms with Crippen LogP contribution in [0.15, 0.2) is 48.5 Å². The molecule has 2 aromatic rings. The molecule has 0 radical (unpaired) electrons. The molecule has 1 saturated heterocycles.